The van der Waals surface area contributed by atoms with Crippen molar-refractivity contribution in [1.82, 2.24) is 9.88 Å². The van der Waals surface area contributed by atoms with Crippen molar-refractivity contribution in [2.24, 2.45) is 0 Å². The first-order valence-corrected chi connectivity index (χ1v) is 6.78. The Morgan fingerprint density at radius 2 is 2.05 bits per heavy atom. The number of halogens is 4. The first kappa shape index (κ1) is 14.4. The number of alkyl halides is 3. The van der Waals surface area contributed by atoms with E-state index in [0.29, 0.717) is 10.9 Å². The maximum Gasteiger partial charge on any atom is 0.401 e. The van der Waals surface area contributed by atoms with E-state index in [9.17, 15) is 13.2 Å². The molecule has 3 nitrogen and oxygen atoms in total. The molecule has 21 heavy (non-hydrogen) atoms. The van der Waals surface area contributed by atoms with Gasteiger partial charge in [0.15, 0.2) is 0 Å². The first-order chi connectivity index (χ1) is 9.90. The zero-order valence-electron chi connectivity index (χ0n) is 10.9. The van der Waals surface area contributed by atoms with Crippen molar-refractivity contribution in [3.05, 3.63) is 35.6 Å². The lowest BCUT2D eigenvalue weighted by Crippen LogP contribution is -2.56. The molecule has 3 rings (SSSR count). The van der Waals surface area contributed by atoms with E-state index < -0.39 is 12.7 Å². The molecule has 1 aromatic carbocycles. The molecule has 0 saturated carbocycles. The van der Waals surface area contributed by atoms with Crippen LogP contribution in [0.15, 0.2) is 30.5 Å². The second-order valence-electron chi connectivity index (χ2n) is 5.03. The largest absolute Gasteiger partial charge is 0.488 e. The molecule has 0 aliphatic carbocycles. The van der Waals surface area contributed by atoms with Crippen LogP contribution in [0.5, 0.6) is 5.75 Å². The van der Waals surface area contributed by atoms with Crippen molar-refractivity contribution in [3.63, 3.8) is 0 Å². The number of fused-ring (bicyclic) bond motifs is 1. The summed E-state index contributed by atoms with van der Waals surface area (Å²) in [5, 5.41) is 2.12. The molecule has 0 atom stereocenters. The highest BCUT2D eigenvalue weighted by Gasteiger charge is 2.37. The summed E-state index contributed by atoms with van der Waals surface area (Å²) in [7, 11) is 0. The third-order valence-corrected chi connectivity index (χ3v) is 3.62. The Hall–Kier alpha value is -1.53. The molecule has 112 valence electrons. The molecule has 0 radical (unpaired) electrons. The maximum atomic E-state index is 12.2. The fraction of sp³-hybridized carbons (Fsp3) is 0.357. The van der Waals surface area contributed by atoms with Crippen LogP contribution < -0.4 is 4.74 Å². The standard InChI is InChI=1S/C14H12ClF3N2O/c15-13-12-2-1-10(5-9(12)3-4-19-13)21-11-6-20(7-11)8-14(16,17)18/h1-5,11H,6-8H2. The van der Waals surface area contributed by atoms with Gasteiger partial charge in [0.05, 0.1) is 6.54 Å². The average Bonchev–Trinajstić information content (AvgIpc) is 2.35. The molecular formula is C14H12ClF3N2O. The molecule has 0 N–H and O–H groups in total. The predicted octanol–water partition coefficient (Wildman–Crippen LogP) is 3.51. The fourth-order valence-corrected chi connectivity index (χ4v) is 2.59. The molecule has 1 aromatic heterocycles. The Balaban J connectivity index is 1.62. The maximum absolute atomic E-state index is 12.2. The van der Waals surface area contributed by atoms with Crippen LogP contribution in [0.25, 0.3) is 10.8 Å². The average molecular weight is 317 g/mol. The van der Waals surface area contributed by atoms with E-state index in [1.807, 2.05) is 12.1 Å². The summed E-state index contributed by atoms with van der Waals surface area (Å²) in [6.07, 6.45) is -2.76. The summed E-state index contributed by atoms with van der Waals surface area (Å²) < 4.78 is 42.2. The lowest BCUT2D eigenvalue weighted by Gasteiger charge is -2.39. The molecule has 1 fully saturated rings. The van der Waals surface area contributed by atoms with Crippen molar-refractivity contribution >= 4 is 22.4 Å². The summed E-state index contributed by atoms with van der Waals surface area (Å²) in [4.78, 5) is 5.29. The van der Waals surface area contributed by atoms with E-state index in [1.54, 1.807) is 18.3 Å². The predicted molar refractivity (Wildman–Crippen MR) is 73.7 cm³/mol. The number of nitrogens with zero attached hydrogens (tertiary/aromatic N) is 2. The van der Waals surface area contributed by atoms with Gasteiger partial charge in [-0.3, -0.25) is 4.90 Å². The second kappa shape index (κ2) is 5.35. The number of aromatic nitrogens is 1. The lowest BCUT2D eigenvalue weighted by atomic mass is 10.1. The Morgan fingerprint density at radius 3 is 2.76 bits per heavy atom. The van der Waals surface area contributed by atoms with E-state index in [4.69, 9.17) is 16.3 Å². The topological polar surface area (TPSA) is 25.4 Å². The van der Waals surface area contributed by atoms with Gasteiger partial charge in [-0.15, -0.1) is 0 Å². The van der Waals surface area contributed by atoms with Gasteiger partial charge in [0.1, 0.15) is 17.0 Å². The number of rotatable bonds is 3. The van der Waals surface area contributed by atoms with Crippen LogP contribution >= 0.6 is 11.6 Å². The summed E-state index contributed by atoms with van der Waals surface area (Å²) >= 11 is 5.97. The Bertz CT molecular complexity index is 656. The van der Waals surface area contributed by atoms with Gasteiger partial charge in [-0.05, 0) is 29.7 Å². The van der Waals surface area contributed by atoms with E-state index in [2.05, 4.69) is 4.98 Å². The zero-order valence-corrected chi connectivity index (χ0v) is 11.7. The highest BCUT2D eigenvalue weighted by molar-refractivity contribution is 6.34. The van der Waals surface area contributed by atoms with E-state index in [-0.39, 0.29) is 19.2 Å². The summed E-state index contributed by atoms with van der Waals surface area (Å²) in [5.74, 6) is 0.626. The fourth-order valence-electron chi connectivity index (χ4n) is 2.36. The highest BCUT2D eigenvalue weighted by atomic mass is 35.5. The summed E-state index contributed by atoms with van der Waals surface area (Å²) in [6.45, 7) is -0.310. The summed E-state index contributed by atoms with van der Waals surface area (Å²) in [5.41, 5.74) is 0. The molecule has 2 aromatic rings. The summed E-state index contributed by atoms with van der Waals surface area (Å²) in [6, 6.07) is 7.18. The Kier molecular flexibility index (Phi) is 3.67. The van der Waals surface area contributed by atoms with Gasteiger partial charge in [0.25, 0.3) is 0 Å². The van der Waals surface area contributed by atoms with Crippen LogP contribution in [0, 0.1) is 0 Å². The molecular weight excluding hydrogens is 305 g/mol. The zero-order chi connectivity index (χ0) is 15.0. The third kappa shape index (κ3) is 3.39. The van der Waals surface area contributed by atoms with Crippen LogP contribution in [-0.4, -0.2) is 41.8 Å². The SMILES string of the molecule is FC(F)(F)CN1CC(Oc2ccc3c(Cl)nccc3c2)C1. The molecule has 0 spiro atoms. The Morgan fingerprint density at radius 1 is 1.29 bits per heavy atom. The van der Waals surface area contributed by atoms with Gasteiger partial charge >= 0.3 is 6.18 Å². The van der Waals surface area contributed by atoms with Crippen LogP contribution in [-0.2, 0) is 0 Å². The van der Waals surface area contributed by atoms with Crippen molar-refractivity contribution in [3.8, 4) is 5.75 Å². The van der Waals surface area contributed by atoms with Crippen LogP contribution in [0.1, 0.15) is 0 Å². The number of hydrogen-bond donors (Lipinski definition) is 0. The number of likely N-dealkylation sites (tertiary alicyclic amines) is 1. The molecule has 0 unspecified atom stereocenters. The number of pyridine rings is 1. The van der Waals surface area contributed by atoms with Gasteiger partial charge in [-0.2, -0.15) is 13.2 Å². The third-order valence-electron chi connectivity index (χ3n) is 3.32. The molecule has 0 bridgehead atoms. The molecule has 2 heterocycles. The Labute approximate surface area is 124 Å². The van der Waals surface area contributed by atoms with Gasteiger partial charge in [0, 0.05) is 24.7 Å². The number of ether oxygens (including phenoxy) is 1. The lowest BCUT2D eigenvalue weighted by molar-refractivity contribution is -0.162. The van der Waals surface area contributed by atoms with Crippen molar-refractivity contribution in [2.75, 3.05) is 19.6 Å². The molecule has 7 heteroatoms. The van der Waals surface area contributed by atoms with E-state index in [1.165, 1.54) is 4.90 Å². The monoisotopic (exact) mass is 316 g/mol. The highest BCUT2D eigenvalue weighted by Crippen LogP contribution is 2.27. The van der Waals surface area contributed by atoms with Crippen LogP contribution in [0.3, 0.4) is 0 Å². The van der Waals surface area contributed by atoms with Crippen LogP contribution in [0.4, 0.5) is 13.2 Å². The second-order valence-corrected chi connectivity index (χ2v) is 5.39. The minimum Gasteiger partial charge on any atom is -0.488 e. The first-order valence-electron chi connectivity index (χ1n) is 6.41. The molecule has 1 aliphatic rings. The smallest absolute Gasteiger partial charge is 0.401 e. The van der Waals surface area contributed by atoms with Crippen LogP contribution in [0.2, 0.25) is 5.15 Å². The van der Waals surface area contributed by atoms with Crippen molar-refractivity contribution < 1.29 is 17.9 Å². The molecule has 1 saturated heterocycles. The molecule has 0 amide bonds. The minimum absolute atomic E-state index is 0.206. The van der Waals surface area contributed by atoms with E-state index in [0.717, 1.165) is 10.8 Å². The van der Waals surface area contributed by atoms with Crippen molar-refractivity contribution in [2.45, 2.75) is 12.3 Å². The number of hydrogen-bond acceptors (Lipinski definition) is 3. The van der Waals surface area contributed by atoms with Crippen molar-refractivity contribution in [1.29, 1.82) is 0 Å². The quantitative estimate of drug-likeness (QED) is 0.810. The van der Waals surface area contributed by atoms with Gasteiger partial charge in [-0.25, -0.2) is 4.98 Å². The number of benzene rings is 1. The minimum atomic E-state index is -4.16. The van der Waals surface area contributed by atoms with Gasteiger partial charge < -0.3 is 4.74 Å². The molecule has 1 aliphatic heterocycles. The van der Waals surface area contributed by atoms with Gasteiger partial charge in [0.2, 0.25) is 0 Å². The normalized spacial score (nSPS) is 17.0. The van der Waals surface area contributed by atoms with Gasteiger partial charge in [-0.1, -0.05) is 11.6 Å². The van der Waals surface area contributed by atoms with E-state index >= 15 is 0 Å².